The van der Waals surface area contributed by atoms with Crippen molar-refractivity contribution in [1.29, 1.82) is 0 Å². The molecule has 1 radical (unpaired) electrons. The minimum absolute atomic E-state index is 0.970. The number of H-pyrrole nitrogens is 1. The number of allylic oxidation sites excluding steroid dienone is 2. The SMILES string of the molecule is C=C/C=c1/c(-c2c(C=C)c(/C=C\C)n([B]C)c2C=C)c(C=C)[nH]/c1=C/C. The van der Waals surface area contributed by atoms with Crippen LogP contribution in [0.25, 0.3) is 47.6 Å². The monoisotopic (exact) mass is 341 g/mol. The van der Waals surface area contributed by atoms with Gasteiger partial charge in [0.15, 0.2) is 0 Å². The van der Waals surface area contributed by atoms with E-state index in [2.05, 4.69) is 47.9 Å². The summed E-state index contributed by atoms with van der Waals surface area (Å²) in [6.45, 7) is 22.1. The molecule has 0 aliphatic rings. The molecule has 2 nitrogen and oxygen atoms in total. The lowest BCUT2D eigenvalue weighted by Gasteiger charge is -2.07. The topological polar surface area (TPSA) is 20.7 Å². The molecule has 0 amide bonds. The quantitative estimate of drug-likeness (QED) is 0.703. The van der Waals surface area contributed by atoms with Crippen molar-refractivity contribution in [3.8, 4) is 11.1 Å². The predicted molar refractivity (Wildman–Crippen MR) is 120 cm³/mol. The van der Waals surface area contributed by atoms with Gasteiger partial charge in [-0.3, -0.25) is 0 Å². The van der Waals surface area contributed by atoms with Crippen LogP contribution in [0.4, 0.5) is 0 Å². The molecule has 2 rings (SSSR count). The molecule has 2 aromatic heterocycles. The lowest BCUT2D eigenvalue weighted by molar-refractivity contribution is 1.18. The van der Waals surface area contributed by atoms with Gasteiger partial charge in [0.2, 0.25) is 7.41 Å². The number of aromatic nitrogens is 2. The fourth-order valence-corrected chi connectivity index (χ4v) is 3.42. The van der Waals surface area contributed by atoms with Crippen molar-refractivity contribution < 1.29 is 0 Å². The van der Waals surface area contributed by atoms with Crippen molar-refractivity contribution in [3.63, 3.8) is 0 Å². The maximum absolute atomic E-state index is 4.07. The average molecular weight is 341 g/mol. The summed E-state index contributed by atoms with van der Waals surface area (Å²) < 4.78 is 2.15. The molecule has 0 aliphatic heterocycles. The molecule has 0 saturated carbocycles. The minimum Gasteiger partial charge on any atom is -0.390 e. The number of nitrogens with zero attached hydrogens (tertiary/aromatic N) is 1. The van der Waals surface area contributed by atoms with Gasteiger partial charge in [-0.1, -0.05) is 63.5 Å². The highest BCUT2D eigenvalue weighted by Gasteiger charge is 2.22. The molecule has 131 valence electrons. The second kappa shape index (κ2) is 8.44. The second-order valence-electron chi connectivity index (χ2n) is 5.73. The van der Waals surface area contributed by atoms with Crippen LogP contribution in [0.2, 0.25) is 6.82 Å². The van der Waals surface area contributed by atoms with Gasteiger partial charge < -0.3 is 9.46 Å². The van der Waals surface area contributed by atoms with E-state index in [0.717, 1.165) is 44.3 Å². The highest BCUT2D eigenvalue weighted by atomic mass is 14.9. The molecule has 0 aromatic carbocycles. The molecule has 2 aromatic rings. The fraction of sp³-hybridized carbons (Fsp3) is 0.130. The Kier molecular flexibility index (Phi) is 6.29. The highest BCUT2D eigenvalue weighted by Crippen LogP contribution is 2.35. The van der Waals surface area contributed by atoms with Crippen LogP contribution in [-0.2, 0) is 0 Å². The van der Waals surface area contributed by atoms with E-state index in [1.54, 1.807) is 0 Å². The van der Waals surface area contributed by atoms with Gasteiger partial charge in [-0.05, 0) is 32.1 Å². The minimum atomic E-state index is 0.970. The van der Waals surface area contributed by atoms with Crippen molar-refractivity contribution in [2.45, 2.75) is 20.7 Å². The maximum Gasteiger partial charge on any atom is 0.249 e. The van der Waals surface area contributed by atoms with Gasteiger partial charge in [0.25, 0.3) is 0 Å². The van der Waals surface area contributed by atoms with Gasteiger partial charge in [-0.25, -0.2) is 0 Å². The summed E-state index contributed by atoms with van der Waals surface area (Å²) >= 11 is 0. The Bertz CT molecular complexity index is 1010. The van der Waals surface area contributed by atoms with Crippen molar-refractivity contribution >= 4 is 43.9 Å². The van der Waals surface area contributed by atoms with E-state index in [-0.39, 0.29) is 0 Å². The van der Waals surface area contributed by atoms with E-state index < -0.39 is 0 Å². The summed E-state index contributed by atoms with van der Waals surface area (Å²) in [7, 11) is 2.05. The Morgan fingerprint density at radius 1 is 0.962 bits per heavy atom. The third-order valence-electron chi connectivity index (χ3n) is 4.43. The fourth-order valence-electron chi connectivity index (χ4n) is 3.42. The van der Waals surface area contributed by atoms with Crippen molar-refractivity contribution in [2.24, 2.45) is 0 Å². The molecular formula is C23H26BN2. The normalized spacial score (nSPS) is 12.6. The Labute approximate surface area is 157 Å². The summed E-state index contributed by atoms with van der Waals surface area (Å²) in [5.74, 6) is 0. The average Bonchev–Trinajstić information content (AvgIpc) is 3.15. The van der Waals surface area contributed by atoms with E-state index in [1.165, 1.54) is 0 Å². The Hall–Kier alpha value is -2.94. The Morgan fingerprint density at radius 2 is 1.69 bits per heavy atom. The first-order chi connectivity index (χ1) is 12.6. The molecule has 1 N–H and O–H groups in total. The summed E-state index contributed by atoms with van der Waals surface area (Å²) in [5, 5.41) is 2.13. The van der Waals surface area contributed by atoms with Crippen LogP contribution in [0.3, 0.4) is 0 Å². The number of rotatable bonds is 7. The molecular weight excluding hydrogens is 315 g/mol. The van der Waals surface area contributed by atoms with E-state index in [1.807, 2.05) is 64.5 Å². The van der Waals surface area contributed by atoms with Crippen LogP contribution in [0.5, 0.6) is 0 Å². The van der Waals surface area contributed by atoms with Gasteiger partial charge in [0.05, 0.1) is 0 Å². The van der Waals surface area contributed by atoms with Crippen molar-refractivity contribution in [1.82, 2.24) is 9.46 Å². The first-order valence-corrected chi connectivity index (χ1v) is 8.72. The molecule has 0 saturated heterocycles. The molecule has 26 heavy (non-hydrogen) atoms. The molecule has 0 aliphatic carbocycles. The highest BCUT2D eigenvalue weighted by molar-refractivity contribution is 6.33. The van der Waals surface area contributed by atoms with Crippen LogP contribution in [0.1, 0.15) is 36.5 Å². The zero-order valence-electron chi connectivity index (χ0n) is 16.0. The van der Waals surface area contributed by atoms with Gasteiger partial charge in [-0.2, -0.15) is 0 Å². The molecule has 0 atom stereocenters. The number of hydrogen-bond donors (Lipinski definition) is 1. The smallest absolute Gasteiger partial charge is 0.249 e. The standard InChI is InChI=1S/C23H26BN2/c1-8-14-17-18(11-4)25-19(12-5)22(17)23-16(10-3)21(15-9-2)26(24-7)20(23)13-6/h8-15,25H,1,3,5-6H2,2,4,7H3/b15-9-,17-14+,18-11+. The zero-order chi connectivity index (χ0) is 19.3. The number of hydrogen-bond acceptors (Lipinski definition) is 0. The molecule has 0 spiro atoms. The summed E-state index contributed by atoms with van der Waals surface area (Å²) in [6.07, 6.45) is 15.7. The number of aromatic amines is 1. The van der Waals surface area contributed by atoms with Crippen LogP contribution in [0.15, 0.2) is 38.5 Å². The lowest BCUT2D eigenvalue weighted by Crippen LogP contribution is -2.23. The van der Waals surface area contributed by atoms with Crippen molar-refractivity contribution in [3.05, 3.63) is 71.7 Å². The molecule has 2 heterocycles. The molecule has 3 heteroatoms. The summed E-state index contributed by atoms with van der Waals surface area (Å²) in [4.78, 5) is 3.46. The first-order valence-electron chi connectivity index (χ1n) is 8.72. The van der Waals surface area contributed by atoms with Crippen LogP contribution < -0.4 is 10.6 Å². The molecule has 0 fully saturated rings. The van der Waals surface area contributed by atoms with Crippen LogP contribution >= 0.6 is 0 Å². The van der Waals surface area contributed by atoms with Gasteiger partial charge in [-0.15, -0.1) is 0 Å². The molecule has 0 unspecified atom stereocenters. The Morgan fingerprint density at radius 3 is 2.15 bits per heavy atom. The van der Waals surface area contributed by atoms with Crippen LogP contribution in [-0.4, -0.2) is 16.9 Å². The van der Waals surface area contributed by atoms with Gasteiger partial charge in [0.1, 0.15) is 0 Å². The molecule has 0 bridgehead atoms. The van der Waals surface area contributed by atoms with Gasteiger partial charge >= 0.3 is 0 Å². The maximum atomic E-state index is 4.07. The van der Waals surface area contributed by atoms with E-state index in [9.17, 15) is 0 Å². The zero-order valence-corrected chi connectivity index (χ0v) is 16.0. The first kappa shape index (κ1) is 19.4. The van der Waals surface area contributed by atoms with Crippen molar-refractivity contribution in [2.75, 3.05) is 0 Å². The largest absolute Gasteiger partial charge is 0.390 e. The summed E-state index contributed by atoms with van der Waals surface area (Å²) in [5.41, 5.74) is 6.33. The Balaban J connectivity index is 3.17. The van der Waals surface area contributed by atoms with E-state index in [0.29, 0.717) is 0 Å². The third-order valence-corrected chi connectivity index (χ3v) is 4.43. The predicted octanol–water partition coefficient (Wildman–Crippen LogP) is 4.73. The van der Waals surface area contributed by atoms with E-state index >= 15 is 0 Å². The summed E-state index contributed by atoms with van der Waals surface area (Å²) in [6, 6.07) is 0. The third kappa shape index (κ3) is 3.01. The number of nitrogens with one attached hydrogen (secondary N) is 1. The van der Waals surface area contributed by atoms with Crippen LogP contribution in [0, 0.1) is 0 Å². The van der Waals surface area contributed by atoms with E-state index in [4.69, 9.17) is 0 Å². The van der Waals surface area contributed by atoms with Gasteiger partial charge in [0, 0.05) is 44.3 Å². The lowest BCUT2D eigenvalue weighted by atomic mass is 9.96. The second-order valence-corrected chi connectivity index (χ2v) is 5.73.